The number of thiazole rings is 1. The highest BCUT2D eigenvalue weighted by Crippen LogP contribution is 2.29. The summed E-state index contributed by atoms with van der Waals surface area (Å²) < 4.78 is 8.94. The van der Waals surface area contributed by atoms with E-state index in [9.17, 15) is 9.90 Å². The van der Waals surface area contributed by atoms with E-state index in [4.69, 9.17) is 4.74 Å². The second-order valence-corrected chi connectivity index (χ2v) is 9.44. The Labute approximate surface area is 220 Å². The van der Waals surface area contributed by atoms with Crippen molar-refractivity contribution in [3.05, 3.63) is 95.8 Å². The van der Waals surface area contributed by atoms with Crippen LogP contribution in [0.1, 0.15) is 22.3 Å². The van der Waals surface area contributed by atoms with Gasteiger partial charge in [0.2, 0.25) is 0 Å². The number of carbonyl (C=O) groups excluding carboxylic acids is 1. The number of pyridine rings is 1. The van der Waals surface area contributed by atoms with Crippen molar-refractivity contribution in [3.63, 3.8) is 0 Å². The van der Waals surface area contributed by atoms with E-state index >= 15 is 0 Å². The number of nitrogens with zero attached hydrogens (tertiary/aromatic N) is 5. The number of ether oxygens (including phenoxy) is 1. The Morgan fingerprint density at radius 3 is 2.32 bits per heavy atom. The van der Waals surface area contributed by atoms with Crippen molar-refractivity contribution >= 4 is 39.5 Å². The first-order valence-corrected chi connectivity index (χ1v) is 12.9. The molecule has 2 aromatic heterocycles. The molecule has 2 heterocycles. The maximum absolute atomic E-state index is 12.2. The molecule has 4 rings (SSSR count). The van der Waals surface area contributed by atoms with E-state index in [1.165, 1.54) is 11.3 Å². The van der Waals surface area contributed by atoms with Crippen LogP contribution in [0.4, 0.5) is 22.2 Å². The van der Waals surface area contributed by atoms with Crippen LogP contribution in [-0.4, -0.2) is 30.3 Å². The fourth-order valence-electron chi connectivity index (χ4n) is 3.84. The monoisotopic (exact) mass is 517 g/mol. The van der Waals surface area contributed by atoms with Gasteiger partial charge in [0.1, 0.15) is 17.5 Å². The predicted molar refractivity (Wildman–Crippen MR) is 143 cm³/mol. The first-order chi connectivity index (χ1) is 18.0. The Morgan fingerprint density at radius 2 is 1.65 bits per heavy atom. The van der Waals surface area contributed by atoms with Crippen LogP contribution in [-0.2, 0) is 18.3 Å². The number of anilines is 2. The van der Waals surface area contributed by atoms with Crippen LogP contribution < -0.4 is 14.0 Å². The number of azo groups is 1. The minimum absolute atomic E-state index is 0.325. The van der Waals surface area contributed by atoms with Gasteiger partial charge in [0, 0.05) is 23.5 Å². The summed E-state index contributed by atoms with van der Waals surface area (Å²) in [5.41, 5.74) is 3.39. The van der Waals surface area contributed by atoms with Gasteiger partial charge in [-0.15, -0.1) is 0 Å². The lowest BCUT2D eigenvalue weighted by Crippen LogP contribution is -2.43. The smallest absolute Gasteiger partial charge is 0.409 e. The van der Waals surface area contributed by atoms with E-state index in [1.807, 2.05) is 108 Å². The third-order valence-electron chi connectivity index (χ3n) is 5.85. The van der Waals surface area contributed by atoms with Gasteiger partial charge in [-0.1, -0.05) is 24.3 Å². The first kappa shape index (κ1) is 26.1. The van der Waals surface area contributed by atoms with Crippen molar-refractivity contribution in [2.75, 3.05) is 18.1 Å². The van der Waals surface area contributed by atoms with E-state index in [0.717, 1.165) is 17.1 Å². The third-order valence-corrected chi connectivity index (χ3v) is 7.05. The molecular weight excluding hydrogens is 486 g/mol. The van der Waals surface area contributed by atoms with Crippen LogP contribution in [0.25, 0.3) is 0 Å². The summed E-state index contributed by atoms with van der Waals surface area (Å²) in [6.45, 7) is 4.88. The average molecular weight is 518 g/mol. The summed E-state index contributed by atoms with van der Waals surface area (Å²) in [7, 11) is 1.85. The first-order valence-electron chi connectivity index (χ1n) is 12.1. The summed E-state index contributed by atoms with van der Waals surface area (Å²) in [4.78, 5) is 14.8. The number of aliphatic hydroxyl groups excluding tert-OH is 1. The number of benzene rings is 2. The van der Waals surface area contributed by atoms with Crippen LogP contribution in [0.15, 0.2) is 95.4 Å². The summed E-state index contributed by atoms with van der Waals surface area (Å²) in [5, 5.41) is 20.2. The molecule has 4 aromatic rings. The van der Waals surface area contributed by atoms with Crippen LogP contribution in [0.2, 0.25) is 0 Å². The quantitative estimate of drug-likeness (QED) is 0.183. The SMILES string of the molecule is CCOC(=O)c1sc(N=Nc2ccc(N(CC(O)C[n+]3ccccc3)c3ccccc3)cc2)[n+](C)c1C. The molecule has 190 valence electrons. The Morgan fingerprint density at radius 1 is 1.00 bits per heavy atom. The number of carbonyl (C=O) groups is 1. The van der Waals surface area contributed by atoms with Crippen LogP contribution in [0.3, 0.4) is 0 Å². The Bertz CT molecular complexity index is 1340. The van der Waals surface area contributed by atoms with Gasteiger partial charge in [0.05, 0.1) is 25.3 Å². The van der Waals surface area contributed by atoms with E-state index in [2.05, 4.69) is 15.1 Å². The number of aromatic nitrogens is 2. The molecule has 2 aromatic carbocycles. The molecule has 0 amide bonds. The average Bonchev–Trinajstić information content (AvgIpc) is 3.21. The van der Waals surface area contributed by atoms with Gasteiger partial charge in [0.25, 0.3) is 0 Å². The molecule has 0 aliphatic heterocycles. The maximum Gasteiger partial charge on any atom is 0.409 e. The Hall–Kier alpha value is -3.95. The second-order valence-electron chi connectivity index (χ2n) is 8.47. The summed E-state index contributed by atoms with van der Waals surface area (Å²) in [6, 6.07) is 23.5. The lowest BCUT2D eigenvalue weighted by Gasteiger charge is -2.26. The van der Waals surface area contributed by atoms with Crippen molar-refractivity contribution in [1.82, 2.24) is 0 Å². The fraction of sp³-hybridized carbons (Fsp3) is 0.250. The van der Waals surface area contributed by atoms with Crippen LogP contribution >= 0.6 is 11.3 Å². The molecule has 1 unspecified atom stereocenters. The molecule has 0 saturated carbocycles. The molecule has 0 aliphatic rings. The topological polar surface area (TPSA) is 82.2 Å². The molecule has 37 heavy (non-hydrogen) atoms. The van der Waals surface area contributed by atoms with Crippen LogP contribution in [0.5, 0.6) is 0 Å². The zero-order valence-electron chi connectivity index (χ0n) is 21.2. The van der Waals surface area contributed by atoms with E-state index < -0.39 is 6.10 Å². The van der Waals surface area contributed by atoms with E-state index in [-0.39, 0.29) is 5.97 Å². The molecule has 8 nitrogen and oxygen atoms in total. The Balaban J connectivity index is 1.52. The van der Waals surface area contributed by atoms with Gasteiger partial charge in [-0.05, 0) is 66.7 Å². The molecular formula is C28H31N5O3S+2. The van der Waals surface area contributed by atoms with Crippen molar-refractivity contribution in [2.24, 2.45) is 17.3 Å². The summed E-state index contributed by atoms with van der Waals surface area (Å²) in [6.07, 6.45) is 3.31. The lowest BCUT2D eigenvalue weighted by atomic mass is 10.2. The van der Waals surface area contributed by atoms with Crippen LogP contribution in [0, 0.1) is 6.92 Å². The molecule has 1 atom stereocenters. The van der Waals surface area contributed by atoms with Crippen molar-refractivity contribution in [1.29, 1.82) is 0 Å². The standard InChI is InChI=1S/C28H31N5O3S/c1-4-36-27(35)26-21(2)31(3)28(37-26)30-29-22-13-15-24(16-14-22)33(23-11-7-5-8-12-23)20-25(34)19-32-17-9-6-10-18-32/h5-18,25,34H,4,19-20H2,1-3H3/q+2. The number of aliphatic hydroxyl groups is 1. The van der Waals surface area contributed by atoms with Crippen molar-refractivity contribution in [2.45, 2.75) is 26.5 Å². The normalized spacial score (nSPS) is 12.0. The second kappa shape index (κ2) is 12.3. The molecule has 0 saturated heterocycles. The summed E-state index contributed by atoms with van der Waals surface area (Å²) in [5.74, 6) is -0.347. The molecule has 0 bridgehead atoms. The number of hydrogen-bond acceptors (Lipinski definition) is 7. The Kier molecular flexibility index (Phi) is 8.71. The number of hydrogen-bond donors (Lipinski definition) is 1. The number of para-hydroxylation sites is 1. The van der Waals surface area contributed by atoms with Crippen molar-refractivity contribution in [3.8, 4) is 0 Å². The number of rotatable bonds is 10. The van der Waals surface area contributed by atoms with Gasteiger partial charge in [0.15, 0.2) is 23.8 Å². The third kappa shape index (κ3) is 6.63. The number of esters is 1. The molecule has 0 fully saturated rings. The summed E-state index contributed by atoms with van der Waals surface area (Å²) >= 11 is 1.26. The van der Waals surface area contributed by atoms with Gasteiger partial charge in [-0.3, -0.25) is 0 Å². The highest BCUT2D eigenvalue weighted by atomic mass is 32.1. The van der Waals surface area contributed by atoms with Gasteiger partial charge >= 0.3 is 11.1 Å². The molecule has 9 heteroatoms. The molecule has 1 N–H and O–H groups in total. The minimum atomic E-state index is -0.581. The highest BCUT2D eigenvalue weighted by molar-refractivity contribution is 7.16. The van der Waals surface area contributed by atoms with E-state index in [1.54, 1.807) is 6.92 Å². The largest absolute Gasteiger partial charge is 0.462 e. The van der Waals surface area contributed by atoms with Gasteiger partial charge in [-0.2, -0.15) is 0 Å². The van der Waals surface area contributed by atoms with E-state index in [0.29, 0.717) is 35.4 Å². The predicted octanol–water partition coefficient (Wildman–Crippen LogP) is 4.96. The highest BCUT2D eigenvalue weighted by Gasteiger charge is 2.25. The van der Waals surface area contributed by atoms with Gasteiger partial charge in [-0.25, -0.2) is 13.9 Å². The molecule has 0 radical (unpaired) electrons. The molecule has 0 spiro atoms. The fourth-order valence-corrected chi connectivity index (χ4v) is 4.80. The zero-order chi connectivity index (χ0) is 26.2. The maximum atomic E-state index is 12.2. The minimum Gasteiger partial charge on any atom is -0.462 e. The lowest BCUT2D eigenvalue weighted by molar-refractivity contribution is -0.703. The van der Waals surface area contributed by atoms with Gasteiger partial charge < -0.3 is 14.7 Å². The molecule has 0 aliphatic carbocycles. The van der Waals surface area contributed by atoms with Crippen molar-refractivity contribution < 1.29 is 23.8 Å². The zero-order valence-corrected chi connectivity index (χ0v) is 22.0.